The fourth-order valence-corrected chi connectivity index (χ4v) is 11.4. The Hall–Kier alpha value is -5.50. The first-order valence-electron chi connectivity index (χ1n) is 26.2. The molecule has 0 N–H and O–H groups in total. The van der Waals surface area contributed by atoms with Crippen molar-refractivity contribution in [1.82, 2.24) is 29.7 Å². The first kappa shape index (κ1) is 56.2. The second kappa shape index (κ2) is 25.5. The Balaban J connectivity index is 1.08. The SMILES string of the molecule is COCCOCCOC[C@H]1CC=C(c2nccc(COc3ccc4cc3C[C@H](C(=O)OC(C)(C)C)Oc3ncnc5sc(-c6ccc(F)cc6)c(c35)-c3c(C)c(Cl)c(c(Cl)c3C)O[C@H](CN3CCN(C)CC3)CO4)n2)CC1. The Labute approximate surface area is 463 Å². The van der Waals surface area contributed by atoms with Crippen LogP contribution in [0.25, 0.3) is 37.4 Å². The summed E-state index contributed by atoms with van der Waals surface area (Å²) in [6, 6.07) is 13.6. The number of thiophene rings is 1. The molecule has 6 heterocycles. The summed E-state index contributed by atoms with van der Waals surface area (Å²) in [5, 5.41) is 1.15. The summed E-state index contributed by atoms with van der Waals surface area (Å²) in [5.41, 5.74) is 4.92. The van der Waals surface area contributed by atoms with Crippen LogP contribution in [0.4, 0.5) is 4.39 Å². The number of halogens is 3. The van der Waals surface area contributed by atoms with E-state index in [-0.39, 0.29) is 31.3 Å². The van der Waals surface area contributed by atoms with Crippen LogP contribution in [0.1, 0.15) is 68.2 Å². The van der Waals surface area contributed by atoms with E-state index in [2.05, 4.69) is 27.9 Å². The molecule has 0 radical (unpaired) electrons. The minimum Gasteiger partial charge on any atom is -0.490 e. The van der Waals surface area contributed by atoms with Crippen LogP contribution >= 0.6 is 34.5 Å². The fourth-order valence-electron chi connectivity index (χ4n) is 9.71. The highest BCUT2D eigenvalue weighted by molar-refractivity contribution is 7.22. The molecule has 10 rings (SSSR count). The highest BCUT2D eigenvalue weighted by Crippen LogP contribution is 2.53. The summed E-state index contributed by atoms with van der Waals surface area (Å²) < 4.78 is 64.2. The van der Waals surface area contributed by atoms with E-state index in [1.165, 1.54) is 29.8 Å². The first-order valence-corrected chi connectivity index (χ1v) is 27.7. The van der Waals surface area contributed by atoms with Gasteiger partial charge in [-0.3, -0.25) is 4.90 Å². The molecule has 1 aliphatic carbocycles. The largest absolute Gasteiger partial charge is 0.490 e. The van der Waals surface area contributed by atoms with E-state index >= 15 is 0 Å². The summed E-state index contributed by atoms with van der Waals surface area (Å²) in [6.07, 6.45) is 6.20. The van der Waals surface area contributed by atoms with Crippen molar-refractivity contribution in [1.29, 1.82) is 0 Å². The molecule has 15 nitrogen and oxygen atoms in total. The summed E-state index contributed by atoms with van der Waals surface area (Å²) in [4.78, 5) is 39.7. The molecular formula is C58H67Cl2FN6O9S. The number of carbonyl (C=O) groups is 1. The van der Waals surface area contributed by atoms with E-state index in [9.17, 15) is 9.18 Å². The molecular weight excluding hydrogens is 1050 g/mol. The zero-order chi connectivity index (χ0) is 54.2. The van der Waals surface area contributed by atoms with Gasteiger partial charge in [0.15, 0.2) is 11.6 Å². The number of ether oxygens (including phenoxy) is 8. The number of hydrogen-bond donors (Lipinski definition) is 0. The van der Waals surface area contributed by atoms with Crippen molar-refractivity contribution in [3.05, 3.63) is 111 Å². The molecule has 6 aromatic rings. The first-order chi connectivity index (χ1) is 37.1. The van der Waals surface area contributed by atoms with Gasteiger partial charge < -0.3 is 42.8 Å². The Bertz CT molecular complexity index is 3030. The van der Waals surface area contributed by atoms with Gasteiger partial charge in [0.1, 0.15) is 53.4 Å². The van der Waals surface area contributed by atoms with Gasteiger partial charge in [-0.05, 0) is 131 Å². The van der Waals surface area contributed by atoms with Crippen molar-refractivity contribution in [3.8, 4) is 44.7 Å². The number of rotatable bonds is 16. The molecule has 1 fully saturated rings. The van der Waals surface area contributed by atoms with Crippen LogP contribution in [0, 0.1) is 25.6 Å². The number of likely N-dealkylation sites (N-methyl/N-ethyl adjacent to an activating group) is 1. The van der Waals surface area contributed by atoms with E-state index in [0.29, 0.717) is 122 Å². The lowest BCUT2D eigenvalue weighted by Crippen LogP contribution is -2.49. The lowest BCUT2D eigenvalue weighted by Gasteiger charge is -2.35. The van der Waals surface area contributed by atoms with E-state index in [1.54, 1.807) is 46.2 Å². The van der Waals surface area contributed by atoms with Crippen molar-refractivity contribution < 1.29 is 47.1 Å². The average molecular weight is 1110 g/mol. The summed E-state index contributed by atoms with van der Waals surface area (Å²) in [6.45, 7) is 16.4. The standard InChI is InChI=1S/C58H67Cl2FN6O9S/c1-35-47-36(2)51(60)52(50(35)59)74-44(30-67-22-20-66(6)21-23-67)33-72-43-16-17-45(73-32-42-18-19-62-54(65-42)39-10-8-37(9-11-39)31-71-27-26-70-25-24-69-7)40(28-43)29-46(57(68)76-58(3,4)5)75-55-49-48(47)53(77-56(49)64-34-63-55)38-12-14-41(61)15-13-38/h10,12-19,28,34,37,44,46H,8-9,11,20-27,29-33H2,1-7H3/t37-,44+,46+/m0/s1. The normalized spacial score (nSPS) is 18.5. The van der Waals surface area contributed by atoms with Gasteiger partial charge in [0.05, 0.1) is 47.6 Å². The Kier molecular flexibility index (Phi) is 18.6. The Morgan fingerprint density at radius 2 is 1.66 bits per heavy atom. The second-order valence-corrected chi connectivity index (χ2v) is 22.5. The van der Waals surface area contributed by atoms with Crippen molar-refractivity contribution in [2.45, 2.75) is 84.7 Å². The summed E-state index contributed by atoms with van der Waals surface area (Å²) in [5.74, 6) is 1.50. The van der Waals surface area contributed by atoms with Gasteiger partial charge in [0, 0.05) is 75.1 Å². The minimum absolute atomic E-state index is 0.0178. The highest BCUT2D eigenvalue weighted by Gasteiger charge is 2.34. The molecule has 1 saturated heterocycles. The number of methoxy groups -OCH3 is 1. The molecule has 4 bridgehead atoms. The van der Waals surface area contributed by atoms with Crippen LogP contribution < -0.4 is 18.9 Å². The van der Waals surface area contributed by atoms with Crippen LogP contribution in [0.3, 0.4) is 0 Å². The number of benzene rings is 3. The zero-order valence-electron chi connectivity index (χ0n) is 44.8. The highest BCUT2D eigenvalue weighted by atomic mass is 35.5. The van der Waals surface area contributed by atoms with Crippen molar-refractivity contribution in [3.63, 3.8) is 0 Å². The summed E-state index contributed by atoms with van der Waals surface area (Å²) >= 11 is 16.2. The van der Waals surface area contributed by atoms with Gasteiger partial charge >= 0.3 is 5.97 Å². The molecule has 77 heavy (non-hydrogen) atoms. The lowest BCUT2D eigenvalue weighted by molar-refractivity contribution is -0.163. The van der Waals surface area contributed by atoms with E-state index < -0.39 is 23.8 Å². The van der Waals surface area contributed by atoms with E-state index in [4.69, 9.17) is 76.0 Å². The summed E-state index contributed by atoms with van der Waals surface area (Å²) in [7, 11) is 3.77. The minimum atomic E-state index is -1.26. The maximum atomic E-state index is 14.6. The van der Waals surface area contributed by atoms with E-state index in [1.807, 2.05) is 38.1 Å². The number of piperazine rings is 1. The maximum absolute atomic E-state index is 14.6. The quantitative estimate of drug-likeness (QED) is 0.0668. The van der Waals surface area contributed by atoms with Gasteiger partial charge in [-0.1, -0.05) is 41.4 Å². The van der Waals surface area contributed by atoms with Crippen molar-refractivity contribution >= 4 is 56.3 Å². The molecule has 4 aliphatic rings. The third-order valence-electron chi connectivity index (χ3n) is 13.8. The number of nitrogens with zero attached hydrogens (tertiary/aromatic N) is 6. The number of esters is 1. The molecule has 3 aromatic carbocycles. The Morgan fingerprint density at radius 1 is 0.909 bits per heavy atom. The molecule has 0 unspecified atom stereocenters. The van der Waals surface area contributed by atoms with Gasteiger partial charge in [-0.25, -0.2) is 29.1 Å². The number of allylic oxidation sites excluding steroid dienone is 2. The fraction of sp³-hybridized carbons (Fsp3) is 0.466. The molecule has 0 spiro atoms. The topological polar surface area (TPSA) is 149 Å². The second-order valence-electron chi connectivity index (χ2n) is 20.7. The maximum Gasteiger partial charge on any atom is 0.348 e. The molecule has 3 aliphatic heterocycles. The average Bonchev–Trinajstić information content (AvgIpc) is 3.84. The van der Waals surface area contributed by atoms with Crippen molar-refractivity contribution in [2.24, 2.45) is 5.92 Å². The molecule has 0 saturated carbocycles. The van der Waals surface area contributed by atoms with Crippen LogP contribution in [-0.4, -0.2) is 140 Å². The number of carbonyl (C=O) groups excluding carboxylic acids is 1. The smallest absolute Gasteiger partial charge is 0.348 e. The monoisotopic (exact) mass is 1110 g/mol. The number of hydrogen-bond acceptors (Lipinski definition) is 16. The van der Waals surface area contributed by atoms with Crippen LogP contribution in [0.5, 0.6) is 23.1 Å². The third-order valence-corrected chi connectivity index (χ3v) is 15.9. The van der Waals surface area contributed by atoms with Crippen LogP contribution in [-0.2, 0) is 36.8 Å². The predicted molar refractivity (Wildman–Crippen MR) is 297 cm³/mol. The number of fused-ring (bicyclic) bond motifs is 7. The van der Waals surface area contributed by atoms with Crippen molar-refractivity contribution in [2.75, 3.05) is 86.5 Å². The van der Waals surface area contributed by atoms with Crippen LogP contribution in [0.2, 0.25) is 10.0 Å². The molecule has 0 amide bonds. The third kappa shape index (κ3) is 14.0. The van der Waals surface area contributed by atoms with Gasteiger partial charge in [0.25, 0.3) is 0 Å². The zero-order valence-corrected chi connectivity index (χ0v) is 47.1. The Morgan fingerprint density at radius 3 is 2.39 bits per heavy atom. The van der Waals surface area contributed by atoms with Crippen LogP contribution in [0.15, 0.2) is 67.1 Å². The van der Waals surface area contributed by atoms with Gasteiger partial charge in [-0.15, -0.1) is 11.3 Å². The van der Waals surface area contributed by atoms with Gasteiger partial charge in [0.2, 0.25) is 12.0 Å². The molecule has 19 heteroatoms. The lowest BCUT2D eigenvalue weighted by atomic mass is 9.90. The number of aromatic nitrogens is 4. The molecule has 3 atom stereocenters. The molecule has 410 valence electrons. The van der Waals surface area contributed by atoms with E-state index in [0.717, 1.165) is 61.5 Å². The molecule has 3 aromatic heterocycles. The predicted octanol–water partition coefficient (Wildman–Crippen LogP) is 11.0. The van der Waals surface area contributed by atoms with Gasteiger partial charge in [-0.2, -0.15) is 0 Å².